The van der Waals surface area contributed by atoms with Crippen LogP contribution in [-0.4, -0.2) is 21.0 Å². The maximum atomic E-state index is 13.1. The Hall–Kier alpha value is -2.50. The zero-order valence-electron chi connectivity index (χ0n) is 9.40. The number of benzene rings is 1. The number of nitrogens with zero attached hydrogens (tertiary/aromatic N) is 1. The van der Waals surface area contributed by atoms with Crippen molar-refractivity contribution in [1.82, 2.24) is 9.97 Å². The number of rotatable bonds is 2. The van der Waals surface area contributed by atoms with E-state index < -0.39 is 17.5 Å². The van der Waals surface area contributed by atoms with Gasteiger partial charge in [-0.1, -0.05) is 12.1 Å². The second kappa shape index (κ2) is 4.40. The Kier molecular flexibility index (Phi) is 2.93. The number of aryl methyl sites for hydroxylation is 1. The molecule has 0 spiro atoms. The van der Waals surface area contributed by atoms with Gasteiger partial charge < -0.3 is 10.1 Å². The molecular weight excluding hydrogens is 239 g/mol. The summed E-state index contributed by atoms with van der Waals surface area (Å²) >= 11 is 0. The van der Waals surface area contributed by atoms with E-state index in [1.807, 2.05) is 0 Å². The lowest BCUT2D eigenvalue weighted by Crippen LogP contribution is -2.18. The third kappa shape index (κ3) is 2.13. The largest absolute Gasteiger partial charge is 0.478 e. The number of halogens is 1. The van der Waals surface area contributed by atoms with E-state index in [1.54, 1.807) is 0 Å². The van der Waals surface area contributed by atoms with E-state index in [9.17, 15) is 14.0 Å². The molecule has 0 amide bonds. The molecule has 0 fully saturated rings. The first-order valence-corrected chi connectivity index (χ1v) is 5.09. The molecule has 1 aromatic heterocycles. The molecule has 6 heteroatoms. The molecule has 0 aliphatic heterocycles. The fraction of sp³-hybridized carbons (Fsp3) is 0.0833. The zero-order valence-corrected chi connectivity index (χ0v) is 9.40. The summed E-state index contributed by atoms with van der Waals surface area (Å²) in [6.07, 6.45) is 0. The normalized spacial score (nSPS) is 10.3. The smallest absolute Gasteiger partial charge is 0.345 e. The van der Waals surface area contributed by atoms with Gasteiger partial charge in [0, 0.05) is 11.3 Å². The van der Waals surface area contributed by atoms with Crippen LogP contribution in [0.1, 0.15) is 16.1 Å². The Morgan fingerprint density at radius 2 is 2.17 bits per heavy atom. The average Bonchev–Trinajstić information content (AvgIpc) is 2.27. The number of aromatic amines is 1. The van der Waals surface area contributed by atoms with Crippen LogP contribution in [-0.2, 0) is 0 Å². The summed E-state index contributed by atoms with van der Waals surface area (Å²) in [6, 6.07) is 5.28. The first-order chi connectivity index (χ1) is 8.49. The molecule has 1 heterocycles. The minimum atomic E-state index is -1.23. The second-order valence-corrected chi connectivity index (χ2v) is 3.71. The molecule has 0 saturated carbocycles. The fourth-order valence-corrected chi connectivity index (χ4v) is 1.69. The molecule has 2 aromatic rings. The van der Waals surface area contributed by atoms with E-state index >= 15 is 0 Å². The van der Waals surface area contributed by atoms with Crippen LogP contribution in [0, 0.1) is 12.7 Å². The SMILES string of the molecule is Cc1[nH]c(=O)nc(-c2cccc(F)c2)c1C(=O)O. The van der Waals surface area contributed by atoms with Crippen molar-refractivity contribution >= 4 is 5.97 Å². The van der Waals surface area contributed by atoms with Gasteiger partial charge in [0.05, 0.1) is 5.69 Å². The lowest BCUT2D eigenvalue weighted by molar-refractivity contribution is 0.0696. The Balaban J connectivity index is 2.77. The highest BCUT2D eigenvalue weighted by Gasteiger charge is 2.18. The molecule has 0 aliphatic carbocycles. The third-order valence-electron chi connectivity index (χ3n) is 2.43. The van der Waals surface area contributed by atoms with Gasteiger partial charge in [0.1, 0.15) is 11.4 Å². The molecule has 92 valence electrons. The Morgan fingerprint density at radius 1 is 1.44 bits per heavy atom. The molecule has 0 aliphatic rings. The van der Waals surface area contributed by atoms with Crippen molar-refractivity contribution in [3.05, 3.63) is 51.8 Å². The summed E-state index contributed by atoms with van der Waals surface area (Å²) in [6.45, 7) is 1.45. The van der Waals surface area contributed by atoms with E-state index in [4.69, 9.17) is 5.11 Å². The highest BCUT2D eigenvalue weighted by molar-refractivity contribution is 5.95. The molecule has 1 aromatic carbocycles. The van der Waals surface area contributed by atoms with Crippen LogP contribution in [0.25, 0.3) is 11.3 Å². The van der Waals surface area contributed by atoms with E-state index in [0.717, 1.165) is 6.07 Å². The number of carbonyl (C=O) groups is 1. The topological polar surface area (TPSA) is 83.0 Å². The van der Waals surface area contributed by atoms with Crippen LogP contribution in [0.5, 0.6) is 0 Å². The first-order valence-electron chi connectivity index (χ1n) is 5.09. The van der Waals surface area contributed by atoms with Gasteiger partial charge in [-0.2, -0.15) is 4.98 Å². The quantitative estimate of drug-likeness (QED) is 0.845. The summed E-state index contributed by atoms with van der Waals surface area (Å²) in [5.74, 6) is -1.75. The number of hydrogen-bond donors (Lipinski definition) is 2. The van der Waals surface area contributed by atoms with Gasteiger partial charge in [-0.05, 0) is 19.1 Å². The molecule has 0 atom stereocenters. The van der Waals surface area contributed by atoms with Crippen molar-refractivity contribution in [3.63, 3.8) is 0 Å². The molecule has 2 rings (SSSR count). The minimum absolute atomic E-state index is 0.0387. The highest BCUT2D eigenvalue weighted by Crippen LogP contribution is 2.22. The zero-order chi connectivity index (χ0) is 13.3. The summed E-state index contributed by atoms with van der Waals surface area (Å²) in [5.41, 5.74) is -0.413. The van der Waals surface area contributed by atoms with Gasteiger partial charge in [0.2, 0.25) is 0 Å². The predicted octanol–water partition coefficient (Wildman–Crippen LogP) is 1.58. The van der Waals surface area contributed by atoms with Crippen molar-refractivity contribution in [2.45, 2.75) is 6.92 Å². The van der Waals surface area contributed by atoms with Gasteiger partial charge >= 0.3 is 11.7 Å². The average molecular weight is 248 g/mol. The van der Waals surface area contributed by atoms with Gasteiger partial charge in [-0.3, -0.25) is 0 Å². The van der Waals surface area contributed by atoms with Crippen molar-refractivity contribution in [2.24, 2.45) is 0 Å². The number of nitrogens with one attached hydrogen (secondary N) is 1. The molecule has 0 saturated heterocycles. The molecule has 0 bridgehead atoms. The minimum Gasteiger partial charge on any atom is -0.478 e. The van der Waals surface area contributed by atoms with E-state index in [1.165, 1.54) is 25.1 Å². The fourth-order valence-electron chi connectivity index (χ4n) is 1.69. The Morgan fingerprint density at radius 3 is 2.78 bits per heavy atom. The summed E-state index contributed by atoms with van der Waals surface area (Å²) in [7, 11) is 0. The number of hydrogen-bond acceptors (Lipinski definition) is 3. The molecular formula is C12H9FN2O3. The van der Waals surface area contributed by atoms with E-state index in [-0.39, 0.29) is 22.5 Å². The van der Waals surface area contributed by atoms with Crippen molar-refractivity contribution in [1.29, 1.82) is 0 Å². The van der Waals surface area contributed by atoms with Crippen molar-refractivity contribution in [3.8, 4) is 11.3 Å². The molecule has 0 unspecified atom stereocenters. The van der Waals surface area contributed by atoms with E-state index in [0.29, 0.717) is 0 Å². The van der Waals surface area contributed by atoms with Crippen LogP contribution in [0.2, 0.25) is 0 Å². The maximum Gasteiger partial charge on any atom is 0.345 e. The molecule has 5 nitrogen and oxygen atoms in total. The Labute approximate surface area is 101 Å². The standard InChI is InChI=1S/C12H9FN2O3/c1-6-9(11(16)17)10(15-12(18)14-6)7-3-2-4-8(13)5-7/h2-5H,1H3,(H,16,17)(H,14,15,18). The molecule has 2 N–H and O–H groups in total. The number of H-pyrrole nitrogens is 1. The van der Waals surface area contributed by atoms with Crippen LogP contribution >= 0.6 is 0 Å². The van der Waals surface area contributed by atoms with Gasteiger partial charge in [0.15, 0.2) is 0 Å². The molecule has 0 radical (unpaired) electrons. The molecule has 18 heavy (non-hydrogen) atoms. The third-order valence-corrected chi connectivity index (χ3v) is 2.43. The highest BCUT2D eigenvalue weighted by atomic mass is 19.1. The summed E-state index contributed by atoms with van der Waals surface area (Å²) in [5, 5.41) is 9.11. The van der Waals surface area contributed by atoms with Crippen LogP contribution in [0.3, 0.4) is 0 Å². The predicted molar refractivity (Wildman–Crippen MR) is 61.9 cm³/mol. The van der Waals surface area contributed by atoms with Crippen LogP contribution in [0.4, 0.5) is 4.39 Å². The lowest BCUT2D eigenvalue weighted by atomic mass is 10.0. The van der Waals surface area contributed by atoms with E-state index in [2.05, 4.69) is 9.97 Å². The summed E-state index contributed by atoms with van der Waals surface area (Å²) < 4.78 is 13.1. The first kappa shape index (κ1) is 12.0. The second-order valence-electron chi connectivity index (χ2n) is 3.71. The van der Waals surface area contributed by atoms with Gasteiger partial charge in [0.25, 0.3) is 0 Å². The van der Waals surface area contributed by atoms with Crippen molar-refractivity contribution in [2.75, 3.05) is 0 Å². The lowest BCUT2D eigenvalue weighted by Gasteiger charge is -2.07. The van der Waals surface area contributed by atoms with Crippen molar-refractivity contribution < 1.29 is 14.3 Å². The number of carboxylic acids is 1. The summed E-state index contributed by atoms with van der Waals surface area (Å²) in [4.78, 5) is 28.4. The van der Waals surface area contributed by atoms with Gasteiger partial charge in [-0.25, -0.2) is 14.0 Å². The number of carboxylic acid groups (broad SMARTS) is 1. The maximum absolute atomic E-state index is 13.1. The Bertz CT molecular complexity index is 679. The monoisotopic (exact) mass is 248 g/mol. The number of aromatic nitrogens is 2. The van der Waals surface area contributed by atoms with Gasteiger partial charge in [-0.15, -0.1) is 0 Å². The van der Waals surface area contributed by atoms with Crippen LogP contribution < -0.4 is 5.69 Å². The van der Waals surface area contributed by atoms with Crippen LogP contribution in [0.15, 0.2) is 29.1 Å². The number of aromatic carboxylic acids is 1.